The molecule has 2 nitrogen and oxygen atoms in total. The molecule has 1 rings (SSSR count). The minimum Gasteiger partial charge on any atom is -0.508 e. The number of carbonyl (C=O) groups excluding carboxylic acids is 1. The highest BCUT2D eigenvalue weighted by Gasteiger charge is 2.26. The molecule has 1 aromatic rings. The van der Waals surface area contributed by atoms with Gasteiger partial charge in [-0.3, -0.25) is 4.79 Å². The quantitative estimate of drug-likeness (QED) is 0.808. The SMILES string of the molecule is O=C(CCCC(F)(F)F)c1cccc(O)c1. The Hall–Kier alpha value is -1.52. The molecule has 0 fully saturated rings. The first-order chi connectivity index (χ1) is 7.38. The van der Waals surface area contributed by atoms with Crippen molar-refractivity contribution in [1.82, 2.24) is 0 Å². The molecule has 1 N–H and O–H groups in total. The van der Waals surface area contributed by atoms with E-state index in [0.717, 1.165) is 0 Å². The first kappa shape index (κ1) is 12.5. The number of alkyl halides is 3. The summed E-state index contributed by atoms with van der Waals surface area (Å²) in [6.07, 6.45) is -5.57. The molecule has 0 amide bonds. The van der Waals surface area contributed by atoms with Crippen LogP contribution in [-0.2, 0) is 0 Å². The highest BCUT2D eigenvalue weighted by Crippen LogP contribution is 2.23. The van der Waals surface area contributed by atoms with Gasteiger partial charge in [-0.05, 0) is 18.6 Å². The van der Waals surface area contributed by atoms with Crippen molar-refractivity contribution in [3.05, 3.63) is 29.8 Å². The number of carbonyl (C=O) groups is 1. The molecule has 0 aliphatic rings. The van der Waals surface area contributed by atoms with E-state index in [1.807, 2.05) is 0 Å². The molecule has 0 saturated carbocycles. The number of phenolic OH excluding ortho intramolecular Hbond substituents is 1. The zero-order valence-corrected chi connectivity index (χ0v) is 8.42. The van der Waals surface area contributed by atoms with Gasteiger partial charge in [0.2, 0.25) is 0 Å². The number of benzene rings is 1. The molecule has 0 saturated heterocycles. The van der Waals surface area contributed by atoms with E-state index < -0.39 is 12.6 Å². The van der Waals surface area contributed by atoms with Gasteiger partial charge in [0.15, 0.2) is 5.78 Å². The van der Waals surface area contributed by atoms with Gasteiger partial charge in [0.1, 0.15) is 5.75 Å². The fourth-order valence-electron chi connectivity index (χ4n) is 1.27. The summed E-state index contributed by atoms with van der Waals surface area (Å²) in [7, 11) is 0. The second kappa shape index (κ2) is 5.01. The maximum absolute atomic E-state index is 11.8. The number of hydrogen-bond acceptors (Lipinski definition) is 2. The van der Waals surface area contributed by atoms with Crippen LogP contribution in [0.1, 0.15) is 29.6 Å². The molecule has 0 atom stereocenters. The lowest BCUT2D eigenvalue weighted by molar-refractivity contribution is -0.135. The summed E-state index contributed by atoms with van der Waals surface area (Å²) in [5, 5.41) is 9.08. The predicted octanol–water partition coefficient (Wildman–Crippen LogP) is 3.31. The average Bonchev–Trinajstić information content (AvgIpc) is 2.15. The summed E-state index contributed by atoms with van der Waals surface area (Å²) in [5.41, 5.74) is 0.238. The molecule has 0 aromatic heterocycles. The van der Waals surface area contributed by atoms with Gasteiger partial charge in [-0.15, -0.1) is 0 Å². The van der Waals surface area contributed by atoms with Gasteiger partial charge in [-0.25, -0.2) is 0 Å². The molecule has 0 radical (unpaired) electrons. The third-order valence-electron chi connectivity index (χ3n) is 2.03. The van der Waals surface area contributed by atoms with E-state index in [1.54, 1.807) is 0 Å². The number of halogens is 3. The second-order valence-corrected chi connectivity index (χ2v) is 3.44. The predicted molar refractivity (Wildman–Crippen MR) is 52.3 cm³/mol. The van der Waals surface area contributed by atoms with E-state index in [9.17, 15) is 18.0 Å². The van der Waals surface area contributed by atoms with Gasteiger partial charge in [0.05, 0.1) is 0 Å². The van der Waals surface area contributed by atoms with E-state index in [-0.39, 0.29) is 29.9 Å². The zero-order valence-electron chi connectivity index (χ0n) is 8.42. The molecular weight excluding hydrogens is 221 g/mol. The molecule has 0 spiro atoms. The van der Waals surface area contributed by atoms with Crippen LogP contribution in [0, 0.1) is 0 Å². The first-order valence-corrected chi connectivity index (χ1v) is 4.77. The minimum absolute atomic E-state index is 0.0679. The normalized spacial score (nSPS) is 11.4. The fourth-order valence-corrected chi connectivity index (χ4v) is 1.27. The van der Waals surface area contributed by atoms with Crippen molar-refractivity contribution in [2.75, 3.05) is 0 Å². The van der Waals surface area contributed by atoms with Crippen molar-refractivity contribution in [2.45, 2.75) is 25.4 Å². The minimum atomic E-state index is -4.22. The van der Waals surface area contributed by atoms with Gasteiger partial charge in [0.25, 0.3) is 0 Å². The van der Waals surface area contributed by atoms with Gasteiger partial charge < -0.3 is 5.11 Å². The van der Waals surface area contributed by atoms with E-state index in [0.29, 0.717) is 0 Å². The summed E-state index contributed by atoms with van der Waals surface area (Å²) >= 11 is 0. The van der Waals surface area contributed by atoms with Crippen molar-refractivity contribution < 1.29 is 23.1 Å². The number of ketones is 1. The number of phenols is 1. The van der Waals surface area contributed by atoms with Crippen molar-refractivity contribution in [3.63, 3.8) is 0 Å². The van der Waals surface area contributed by atoms with Gasteiger partial charge in [0, 0.05) is 18.4 Å². The first-order valence-electron chi connectivity index (χ1n) is 4.77. The lowest BCUT2D eigenvalue weighted by Gasteiger charge is -2.05. The summed E-state index contributed by atoms with van der Waals surface area (Å²) < 4.78 is 35.5. The Morgan fingerprint density at radius 3 is 2.56 bits per heavy atom. The van der Waals surface area contributed by atoms with Crippen LogP contribution in [0.25, 0.3) is 0 Å². The van der Waals surface area contributed by atoms with Crippen LogP contribution in [0.5, 0.6) is 5.75 Å². The standard InChI is InChI=1S/C11H11F3O2/c12-11(13,14)6-2-5-10(16)8-3-1-4-9(15)7-8/h1,3-4,7,15H,2,5-6H2. The van der Waals surface area contributed by atoms with Crippen molar-refractivity contribution in [3.8, 4) is 5.75 Å². The Labute approximate surface area is 90.7 Å². The summed E-state index contributed by atoms with van der Waals surface area (Å²) in [6, 6.07) is 5.59. The monoisotopic (exact) mass is 232 g/mol. The van der Waals surface area contributed by atoms with Crippen LogP contribution >= 0.6 is 0 Å². The third kappa shape index (κ3) is 4.33. The maximum atomic E-state index is 11.8. The molecule has 1 aromatic carbocycles. The Kier molecular flexibility index (Phi) is 3.93. The third-order valence-corrected chi connectivity index (χ3v) is 2.03. The molecule has 88 valence electrons. The molecule has 5 heteroatoms. The van der Waals surface area contributed by atoms with E-state index in [4.69, 9.17) is 5.11 Å². The molecule has 16 heavy (non-hydrogen) atoms. The summed E-state index contributed by atoms with van der Waals surface area (Å²) in [5.74, 6) is -0.457. The molecule has 0 aliphatic carbocycles. The Morgan fingerprint density at radius 1 is 1.31 bits per heavy atom. The second-order valence-electron chi connectivity index (χ2n) is 3.44. The van der Waals surface area contributed by atoms with Crippen molar-refractivity contribution >= 4 is 5.78 Å². The van der Waals surface area contributed by atoms with Crippen LogP contribution in [0.4, 0.5) is 13.2 Å². The van der Waals surface area contributed by atoms with E-state index >= 15 is 0 Å². The molecule has 0 heterocycles. The van der Waals surface area contributed by atoms with Crippen LogP contribution in [-0.4, -0.2) is 17.1 Å². The summed E-state index contributed by atoms with van der Waals surface area (Å²) in [6.45, 7) is 0. The Bertz CT molecular complexity index is 372. The Morgan fingerprint density at radius 2 is 2.00 bits per heavy atom. The highest BCUT2D eigenvalue weighted by molar-refractivity contribution is 5.96. The topological polar surface area (TPSA) is 37.3 Å². The van der Waals surface area contributed by atoms with Gasteiger partial charge in [-0.1, -0.05) is 12.1 Å². The Balaban J connectivity index is 2.47. The van der Waals surface area contributed by atoms with Crippen molar-refractivity contribution in [1.29, 1.82) is 0 Å². The lowest BCUT2D eigenvalue weighted by Crippen LogP contribution is -2.08. The highest BCUT2D eigenvalue weighted by atomic mass is 19.4. The lowest BCUT2D eigenvalue weighted by atomic mass is 10.1. The van der Waals surface area contributed by atoms with E-state index in [1.165, 1.54) is 24.3 Å². The molecular formula is C11H11F3O2. The largest absolute Gasteiger partial charge is 0.508 e. The smallest absolute Gasteiger partial charge is 0.389 e. The van der Waals surface area contributed by atoms with Crippen molar-refractivity contribution in [2.24, 2.45) is 0 Å². The maximum Gasteiger partial charge on any atom is 0.389 e. The number of Topliss-reactive ketones (excluding diaryl/α,β-unsaturated/α-hetero) is 1. The molecule has 0 aliphatic heterocycles. The average molecular weight is 232 g/mol. The van der Waals surface area contributed by atoms with Gasteiger partial charge >= 0.3 is 6.18 Å². The number of aromatic hydroxyl groups is 1. The number of rotatable bonds is 4. The van der Waals surface area contributed by atoms with Crippen LogP contribution in [0.15, 0.2) is 24.3 Å². The fraction of sp³-hybridized carbons (Fsp3) is 0.364. The van der Waals surface area contributed by atoms with Crippen LogP contribution in [0.2, 0.25) is 0 Å². The molecule has 0 bridgehead atoms. The summed E-state index contributed by atoms with van der Waals surface area (Å²) in [4.78, 5) is 11.4. The van der Waals surface area contributed by atoms with E-state index in [2.05, 4.69) is 0 Å². The van der Waals surface area contributed by atoms with Gasteiger partial charge in [-0.2, -0.15) is 13.2 Å². The van der Waals surface area contributed by atoms with Crippen LogP contribution < -0.4 is 0 Å². The number of hydrogen-bond donors (Lipinski definition) is 1. The van der Waals surface area contributed by atoms with Crippen LogP contribution in [0.3, 0.4) is 0 Å². The zero-order chi connectivity index (χ0) is 12.2. The molecule has 0 unspecified atom stereocenters.